The van der Waals surface area contributed by atoms with Gasteiger partial charge in [0.05, 0.1) is 11.6 Å². The summed E-state index contributed by atoms with van der Waals surface area (Å²) >= 11 is 1.70. The second kappa shape index (κ2) is 3.96. The molecule has 78 valence electrons. The number of nitrogens with two attached hydrogens (primary N) is 1. The molecule has 0 aromatic carbocycles. The van der Waals surface area contributed by atoms with Crippen molar-refractivity contribution in [2.75, 3.05) is 13.1 Å². The summed E-state index contributed by atoms with van der Waals surface area (Å²) < 4.78 is 0. The zero-order valence-electron chi connectivity index (χ0n) is 8.52. The Labute approximate surface area is 89.2 Å². The highest BCUT2D eigenvalue weighted by Gasteiger charge is 2.21. The largest absolute Gasteiger partial charge is 0.469 e. The lowest BCUT2D eigenvalue weighted by atomic mass is 10.0. The summed E-state index contributed by atoms with van der Waals surface area (Å²) in [5.41, 5.74) is 8.83. The van der Waals surface area contributed by atoms with Crippen LogP contribution in [0.1, 0.15) is 26.2 Å². The van der Waals surface area contributed by atoms with Crippen molar-refractivity contribution >= 4 is 11.8 Å². The molecule has 2 heterocycles. The highest BCUT2D eigenvalue weighted by atomic mass is 32.2. The molecule has 0 spiro atoms. The maximum atomic E-state index is 7.69. The van der Waals surface area contributed by atoms with Crippen LogP contribution in [0.25, 0.3) is 5.84 Å². The van der Waals surface area contributed by atoms with Crippen LogP contribution in [-0.4, -0.2) is 13.1 Å². The van der Waals surface area contributed by atoms with Crippen molar-refractivity contribution in [2.45, 2.75) is 26.2 Å². The molecule has 4 heteroatoms. The fourth-order valence-electron chi connectivity index (χ4n) is 1.90. The maximum absolute atomic E-state index is 7.69. The summed E-state index contributed by atoms with van der Waals surface area (Å²) in [6.07, 6.45) is 3.34. The highest BCUT2D eigenvalue weighted by molar-refractivity contribution is 8.06. The third-order valence-electron chi connectivity index (χ3n) is 2.95. The first kappa shape index (κ1) is 10.1. The predicted octanol–water partition coefficient (Wildman–Crippen LogP) is 1.21. The Morgan fingerprint density at radius 2 is 2.14 bits per heavy atom. The molecular weight excluding hydrogens is 194 g/mol. The molecule has 1 unspecified atom stereocenters. The van der Waals surface area contributed by atoms with E-state index in [0.717, 1.165) is 42.4 Å². The lowest BCUT2D eigenvalue weighted by Crippen LogP contribution is -3.06. The summed E-state index contributed by atoms with van der Waals surface area (Å²) in [5.74, 6) is 7.69. The lowest BCUT2D eigenvalue weighted by molar-refractivity contribution is -0.844. The molecule has 0 aromatic rings. The van der Waals surface area contributed by atoms with E-state index in [9.17, 15) is 0 Å². The van der Waals surface area contributed by atoms with E-state index < -0.39 is 0 Å². The van der Waals surface area contributed by atoms with E-state index in [1.54, 1.807) is 17.3 Å². The van der Waals surface area contributed by atoms with Crippen molar-refractivity contribution in [1.29, 1.82) is 0 Å². The van der Waals surface area contributed by atoms with Crippen LogP contribution in [-0.2, 0) is 0 Å². The minimum atomic E-state index is 0.841. The summed E-state index contributed by atoms with van der Waals surface area (Å²) in [7, 11) is 0. The first-order valence-corrected chi connectivity index (χ1v) is 5.88. The van der Waals surface area contributed by atoms with Gasteiger partial charge in [-0.05, 0) is 30.9 Å². The molecule has 0 saturated heterocycles. The van der Waals surface area contributed by atoms with Crippen LogP contribution >= 0.6 is 11.8 Å². The number of quaternary nitrogens is 1. The molecule has 0 fully saturated rings. The number of hydrogen-bond acceptors (Lipinski definition) is 2. The zero-order chi connectivity index (χ0) is 10.1. The van der Waals surface area contributed by atoms with Gasteiger partial charge in [0.1, 0.15) is 6.54 Å². The van der Waals surface area contributed by atoms with Gasteiger partial charge in [0.2, 0.25) is 0 Å². The van der Waals surface area contributed by atoms with Crippen LogP contribution in [0.5, 0.6) is 0 Å². The molecular formula is C10H17N3S. The molecule has 2 aliphatic rings. The minimum absolute atomic E-state index is 0.841. The molecule has 0 bridgehead atoms. The Bertz CT molecular complexity index is 306. The Morgan fingerprint density at radius 3 is 2.93 bits per heavy atom. The first-order valence-electron chi connectivity index (χ1n) is 5.07. The van der Waals surface area contributed by atoms with E-state index in [1.165, 1.54) is 10.5 Å². The SMILES string of the molecule is CC1=C(N)SC2=C(CC1)CC[NH+]([NH-])C2. The lowest BCUT2D eigenvalue weighted by Gasteiger charge is -2.29. The van der Waals surface area contributed by atoms with Gasteiger partial charge in [-0.1, -0.05) is 11.8 Å². The van der Waals surface area contributed by atoms with Crippen molar-refractivity contribution in [3.8, 4) is 0 Å². The standard InChI is InChI=1S/C10H17N3S/c1-7-2-3-8-4-5-13(12)6-9(8)14-10(7)11/h12-13H,2-6,11H2,1H3. The number of allylic oxidation sites excluding steroid dienone is 1. The van der Waals surface area contributed by atoms with E-state index in [0.29, 0.717) is 0 Å². The van der Waals surface area contributed by atoms with Gasteiger partial charge in [-0.3, -0.25) is 0 Å². The Kier molecular flexibility index (Phi) is 2.85. The zero-order valence-corrected chi connectivity index (χ0v) is 9.34. The van der Waals surface area contributed by atoms with E-state index in [2.05, 4.69) is 6.92 Å². The van der Waals surface area contributed by atoms with Gasteiger partial charge < -0.3 is 16.6 Å². The molecule has 2 aliphatic heterocycles. The fraction of sp³-hybridized carbons (Fsp3) is 0.600. The monoisotopic (exact) mass is 211 g/mol. The van der Waals surface area contributed by atoms with Crippen LogP contribution < -0.4 is 10.7 Å². The van der Waals surface area contributed by atoms with Crippen molar-refractivity contribution in [3.63, 3.8) is 0 Å². The van der Waals surface area contributed by atoms with Gasteiger partial charge in [-0.25, -0.2) is 0 Å². The van der Waals surface area contributed by atoms with Gasteiger partial charge in [-0.15, -0.1) is 0 Å². The second-order valence-corrected chi connectivity index (χ2v) is 5.19. The van der Waals surface area contributed by atoms with Crippen molar-refractivity contribution in [3.05, 3.63) is 26.9 Å². The molecule has 4 N–H and O–H groups in total. The van der Waals surface area contributed by atoms with Crippen LogP contribution in [0.4, 0.5) is 0 Å². The molecule has 1 atom stereocenters. The minimum Gasteiger partial charge on any atom is -0.469 e. The van der Waals surface area contributed by atoms with E-state index in [-0.39, 0.29) is 0 Å². The van der Waals surface area contributed by atoms with Gasteiger partial charge in [0.15, 0.2) is 0 Å². The number of nitrogens with one attached hydrogen (secondary N) is 2. The first-order chi connectivity index (χ1) is 6.66. The summed E-state index contributed by atoms with van der Waals surface area (Å²) in [6.45, 7) is 3.92. The van der Waals surface area contributed by atoms with Gasteiger partial charge >= 0.3 is 0 Å². The van der Waals surface area contributed by atoms with Crippen LogP contribution in [0.2, 0.25) is 0 Å². The summed E-state index contributed by atoms with van der Waals surface area (Å²) in [4.78, 5) is 1.36. The predicted molar refractivity (Wildman–Crippen MR) is 60.4 cm³/mol. The van der Waals surface area contributed by atoms with Crippen molar-refractivity contribution < 1.29 is 5.01 Å². The number of thioether (sulfide) groups is 1. The van der Waals surface area contributed by atoms with Crippen LogP contribution in [0.3, 0.4) is 0 Å². The number of hydrogen-bond donors (Lipinski definition) is 2. The smallest absolute Gasteiger partial charge is 0.100 e. The molecule has 14 heavy (non-hydrogen) atoms. The molecule has 0 radical (unpaired) electrons. The molecule has 3 nitrogen and oxygen atoms in total. The third-order valence-corrected chi connectivity index (χ3v) is 4.20. The van der Waals surface area contributed by atoms with Crippen LogP contribution in [0.15, 0.2) is 21.1 Å². The molecule has 0 saturated carbocycles. The van der Waals surface area contributed by atoms with Crippen molar-refractivity contribution in [2.24, 2.45) is 5.73 Å². The molecule has 0 aromatic heterocycles. The quantitative estimate of drug-likeness (QED) is 0.633. The summed E-state index contributed by atoms with van der Waals surface area (Å²) in [5, 5.41) is 1.83. The normalized spacial score (nSPS) is 28.9. The third kappa shape index (κ3) is 1.97. The Balaban J connectivity index is 2.20. The van der Waals surface area contributed by atoms with Crippen LogP contribution in [0, 0.1) is 0 Å². The van der Waals surface area contributed by atoms with E-state index >= 15 is 0 Å². The summed E-state index contributed by atoms with van der Waals surface area (Å²) in [6, 6.07) is 0. The van der Waals surface area contributed by atoms with Gasteiger partial charge in [0, 0.05) is 11.3 Å². The second-order valence-electron chi connectivity index (χ2n) is 4.05. The van der Waals surface area contributed by atoms with Gasteiger partial charge in [0.25, 0.3) is 0 Å². The number of rotatable bonds is 0. The Morgan fingerprint density at radius 1 is 1.36 bits per heavy atom. The van der Waals surface area contributed by atoms with E-state index in [1.807, 2.05) is 0 Å². The molecule has 2 rings (SSSR count). The fourth-order valence-corrected chi connectivity index (χ4v) is 3.04. The van der Waals surface area contributed by atoms with Crippen molar-refractivity contribution in [1.82, 2.24) is 0 Å². The van der Waals surface area contributed by atoms with Gasteiger partial charge in [-0.2, -0.15) is 0 Å². The average molecular weight is 211 g/mol. The average Bonchev–Trinajstić information content (AvgIpc) is 2.27. The molecule has 0 aliphatic carbocycles. The highest BCUT2D eigenvalue weighted by Crippen LogP contribution is 2.35. The molecule has 0 amide bonds. The maximum Gasteiger partial charge on any atom is 0.100 e. The van der Waals surface area contributed by atoms with E-state index in [4.69, 9.17) is 11.6 Å². The topological polar surface area (TPSA) is 54.3 Å². The Hall–Kier alpha value is -0.450.